The number of thioether (sulfide) groups is 2. The quantitative estimate of drug-likeness (QED) is 0.861. The van der Waals surface area contributed by atoms with E-state index in [1.54, 1.807) is 17.0 Å². The Morgan fingerprint density at radius 1 is 1.32 bits per heavy atom. The van der Waals surface area contributed by atoms with Gasteiger partial charge in [0.25, 0.3) is 0 Å². The molecule has 0 unspecified atom stereocenters. The SMILES string of the molecule is O=c1onc(-c2ccncc2)n1CCC1SCCS1. The molecule has 3 heterocycles. The molecule has 5 nitrogen and oxygen atoms in total. The molecule has 2 aromatic heterocycles. The van der Waals surface area contributed by atoms with Crippen LogP contribution in [0.25, 0.3) is 11.4 Å². The second kappa shape index (κ2) is 5.83. The summed E-state index contributed by atoms with van der Waals surface area (Å²) in [6.45, 7) is 0.644. The third-order valence-corrected chi connectivity index (χ3v) is 6.07. The number of hydrogen-bond acceptors (Lipinski definition) is 6. The maximum absolute atomic E-state index is 11.7. The van der Waals surface area contributed by atoms with Crippen LogP contribution >= 0.6 is 23.5 Å². The molecular formula is C12H13N3O2S2. The van der Waals surface area contributed by atoms with Crippen molar-refractivity contribution in [3.05, 3.63) is 35.1 Å². The Kier molecular flexibility index (Phi) is 3.93. The summed E-state index contributed by atoms with van der Waals surface area (Å²) in [5.41, 5.74) is 0.854. The fourth-order valence-electron chi connectivity index (χ4n) is 1.98. The fraction of sp³-hybridized carbons (Fsp3) is 0.417. The highest BCUT2D eigenvalue weighted by molar-refractivity contribution is 8.20. The van der Waals surface area contributed by atoms with Crippen molar-refractivity contribution in [2.45, 2.75) is 17.5 Å². The van der Waals surface area contributed by atoms with Gasteiger partial charge in [-0.2, -0.15) is 0 Å². The lowest BCUT2D eigenvalue weighted by atomic mass is 10.2. The Morgan fingerprint density at radius 3 is 2.79 bits per heavy atom. The minimum atomic E-state index is -0.389. The van der Waals surface area contributed by atoms with Crippen LogP contribution < -0.4 is 5.76 Å². The molecule has 3 rings (SSSR count). The molecule has 1 aliphatic heterocycles. The van der Waals surface area contributed by atoms with Crippen LogP contribution in [0.5, 0.6) is 0 Å². The molecule has 0 bridgehead atoms. The molecule has 19 heavy (non-hydrogen) atoms. The van der Waals surface area contributed by atoms with E-state index in [4.69, 9.17) is 4.52 Å². The van der Waals surface area contributed by atoms with Gasteiger partial charge in [-0.1, -0.05) is 5.16 Å². The third kappa shape index (κ3) is 2.87. The van der Waals surface area contributed by atoms with Gasteiger partial charge in [0.05, 0.1) is 4.58 Å². The van der Waals surface area contributed by atoms with Gasteiger partial charge >= 0.3 is 5.76 Å². The van der Waals surface area contributed by atoms with E-state index in [0.29, 0.717) is 17.0 Å². The zero-order valence-electron chi connectivity index (χ0n) is 10.2. The van der Waals surface area contributed by atoms with E-state index < -0.39 is 0 Å². The maximum Gasteiger partial charge on any atom is 0.441 e. The third-order valence-electron chi connectivity index (χ3n) is 2.90. The first kappa shape index (κ1) is 12.8. The Bertz CT molecular complexity index is 591. The summed E-state index contributed by atoms with van der Waals surface area (Å²) in [7, 11) is 0. The monoisotopic (exact) mass is 295 g/mol. The zero-order chi connectivity index (χ0) is 13.1. The number of hydrogen-bond donors (Lipinski definition) is 0. The predicted octanol–water partition coefficient (Wildman–Crippen LogP) is 2.09. The van der Waals surface area contributed by atoms with Crippen molar-refractivity contribution in [2.75, 3.05) is 11.5 Å². The van der Waals surface area contributed by atoms with E-state index >= 15 is 0 Å². The molecule has 1 fully saturated rings. The Morgan fingerprint density at radius 2 is 2.05 bits per heavy atom. The van der Waals surface area contributed by atoms with E-state index in [-0.39, 0.29) is 5.76 Å². The van der Waals surface area contributed by atoms with Gasteiger partial charge in [0, 0.05) is 36.0 Å². The van der Waals surface area contributed by atoms with Crippen molar-refractivity contribution < 1.29 is 4.52 Å². The smallest absolute Gasteiger partial charge is 0.295 e. The van der Waals surface area contributed by atoms with Gasteiger partial charge in [-0.25, -0.2) is 4.79 Å². The first-order valence-electron chi connectivity index (χ1n) is 6.05. The summed E-state index contributed by atoms with van der Waals surface area (Å²) in [5.74, 6) is 2.59. The number of nitrogens with zero attached hydrogens (tertiary/aromatic N) is 3. The first-order valence-corrected chi connectivity index (χ1v) is 8.14. The van der Waals surface area contributed by atoms with Crippen molar-refractivity contribution >= 4 is 23.5 Å². The largest absolute Gasteiger partial charge is 0.441 e. The minimum Gasteiger partial charge on any atom is -0.295 e. The van der Waals surface area contributed by atoms with Crippen LogP contribution in [0.4, 0.5) is 0 Å². The minimum absolute atomic E-state index is 0.389. The van der Waals surface area contributed by atoms with Crippen LogP contribution in [0, 0.1) is 0 Å². The lowest BCUT2D eigenvalue weighted by Gasteiger charge is -2.08. The van der Waals surface area contributed by atoms with Crippen LogP contribution in [-0.4, -0.2) is 30.8 Å². The Balaban J connectivity index is 1.80. The number of aromatic nitrogens is 3. The topological polar surface area (TPSA) is 60.9 Å². The molecule has 0 aromatic carbocycles. The van der Waals surface area contributed by atoms with E-state index in [1.165, 1.54) is 11.5 Å². The predicted molar refractivity (Wildman–Crippen MR) is 77.3 cm³/mol. The van der Waals surface area contributed by atoms with E-state index in [0.717, 1.165) is 12.0 Å². The molecule has 0 aliphatic carbocycles. The second-order valence-corrected chi connectivity index (χ2v) is 7.04. The van der Waals surface area contributed by atoms with Gasteiger partial charge in [0.15, 0.2) is 5.82 Å². The Hall–Kier alpha value is -1.21. The molecule has 1 saturated heterocycles. The molecule has 7 heteroatoms. The van der Waals surface area contributed by atoms with Gasteiger partial charge in [-0.15, -0.1) is 23.5 Å². The maximum atomic E-state index is 11.7. The molecule has 0 atom stereocenters. The summed E-state index contributed by atoms with van der Waals surface area (Å²) in [6, 6.07) is 3.65. The number of rotatable bonds is 4. The van der Waals surface area contributed by atoms with Crippen molar-refractivity contribution in [3.8, 4) is 11.4 Å². The summed E-state index contributed by atoms with van der Waals surface area (Å²) in [6.07, 6.45) is 4.32. The van der Waals surface area contributed by atoms with Gasteiger partial charge in [0.1, 0.15) is 0 Å². The van der Waals surface area contributed by atoms with Crippen molar-refractivity contribution in [3.63, 3.8) is 0 Å². The molecule has 0 saturated carbocycles. The zero-order valence-corrected chi connectivity index (χ0v) is 11.8. The van der Waals surface area contributed by atoms with Crippen LogP contribution in [0.15, 0.2) is 33.8 Å². The van der Waals surface area contributed by atoms with E-state index in [9.17, 15) is 4.79 Å². The summed E-state index contributed by atoms with van der Waals surface area (Å²) < 4.78 is 6.97. The average Bonchev–Trinajstić information content (AvgIpc) is 3.07. The molecule has 0 amide bonds. The van der Waals surface area contributed by atoms with E-state index in [2.05, 4.69) is 10.1 Å². The number of pyridine rings is 1. The molecule has 1 aliphatic rings. The van der Waals surface area contributed by atoms with Crippen LogP contribution in [0.2, 0.25) is 0 Å². The van der Waals surface area contributed by atoms with Crippen molar-refractivity contribution in [1.82, 2.24) is 14.7 Å². The van der Waals surface area contributed by atoms with Gasteiger partial charge in [0.2, 0.25) is 0 Å². The molecule has 0 radical (unpaired) electrons. The fourth-order valence-corrected chi connectivity index (χ4v) is 4.78. The van der Waals surface area contributed by atoms with Crippen LogP contribution in [-0.2, 0) is 6.54 Å². The van der Waals surface area contributed by atoms with Crippen LogP contribution in [0.1, 0.15) is 6.42 Å². The first-order chi connectivity index (χ1) is 9.34. The lowest BCUT2D eigenvalue weighted by molar-refractivity contribution is 0.375. The molecule has 100 valence electrons. The summed E-state index contributed by atoms with van der Waals surface area (Å²) in [4.78, 5) is 15.7. The van der Waals surface area contributed by atoms with Gasteiger partial charge in [-0.05, 0) is 18.6 Å². The van der Waals surface area contributed by atoms with E-state index in [1.807, 2.05) is 35.7 Å². The summed E-state index contributed by atoms with van der Waals surface area (Å²) >= 11 is 3.92. The van der Waals surface area contributed by atoms with Crippen molar-refractivity contribution in [2.24, 2.45) is 0 Å². The lowest BCUT2D eigenvalue weighted by Crippen LogP contribution is -2.17. The standard InChI is InChI=1S/C12H13N3O2S2/c16-12-15(6-3-10-18-7-8-19-10)11(14-17-12)9-1-4-13-5-2-9/h1-2,4-5,10H,3,6-8H2. The highest BCUT2D eigenvalue weighted by Gasteiger charge is 2.18. The molecule has 2 aromatic rings. The van der Waals surface area contributed by atoms with Crippen molar-refractivity contribution in [1.29, 1.82) is 0 Å². The molecule has 0 spiro atoms. The normalized spacial score (nSPS) is 16.0. The average molecular weight is 295 g/mol. The Labute approximate surface area is 118 Å². The van der Waals surface area contributed by atoms with Crippen LogP contribution in [0.3, 0.4) is 0 Å². The summed E-state index contributed by atoms with van der Waals surface area (Å²) in [5, 5.41) is 3.87. The molecule has 0 N–H and O–H groups in total. The second-order valence-electron chi connectivity index (χ2n) is 4.12. The highest BCUT2D eigenvalue weighted by Crippen LogP contribution is 2.34. The highest BCUT2D eigenvalue weighted by atomic mass is 32.2. The van der Waals surface area contributed by atoms with Gasteiger partial charge < -0.3 is 0 Å². The molecular weight excluding hydrogens is 282 g/mol. The van der Waals surface area contributed by atoms with Gasteiger partial charge in [-0.3, -0.25) is 14.1 Å².